The molecule has 0 aliphatic carbocycles. The van der Waals surface area contributed by atoms with Crippen LogP contribution in [0.5, 0.6) is 0 Å². The highest BCUT2D eigenvalue weighted by Crippen LogP contribution is 1.98. The zero-order valence-electron chi connectivity index (χ0n) is 5.41. The van der Waals surface area contributed by atoms with Crippen LogP contribution in [-0.2, 0) is 4.79 Å². The number of hydrogen-bond acceptors (Lipinski definition) is 2. The average Bonchev–Trinajstić information content (AvgIpc) is 1.82. The summed E-state index contributed by atoms with van der Waals surface area (Å²) in [5, 5.41) is 9.66. The van der Waals surface area contributed by atoms with E-state index in [-0.39, 0.29) is 6.42 Å². The van der Waals surface area contributed by atoms with Crippen LogP contribution < -0.4 is 0 Å². The number of thiocarbonyl (C=S) groups is 1. The van der Waals surface area contributed by atoms with Crippen LogP contribution >= 0.6 is 12.2 Å². The first-order valence-corrected chi connectivity index (χ1v) is 3.15. The van der Waals surface area contributed by atoms with E-state index in [1.165, 1.54) is 5.37 Å². The smallest absolute Gasteiger partial charge is 0.307 e. The van der Waals surface area contributed by atoms with Crippen molar-refractivity contribution >= 4 is 23.6 Å². The van der Waals surface area contributed by atoms with E-state index in [0.717, 1.165) is 0 Å². The number of carboxylic acids is 1. The Labute approximate surface area is 64.9 Å². The minimum Gasteiger partial charge on any atom is -0.481 e. The van der Waals surface area contributed by atoms with E-state index in [1.807, 2.05) is 0 Å². The van der Waals surface area contributed by atoms with E-state index < -0.39 is 5.97 Å². The maximum Gasteiger partial charge on any atom is 0.307 e. The Morgan fingerprint density at radius 1 is 1.70 bits per heavy atom. The monoisotopic (exact) mass is 156 g/mol. The SMILES string of the molecule is C=C(/C=C\C=S)CC(=O)O. The molecule has 1 N–H and O–H groups in total. The third kappa shape index (κ3) is 5.18. The second-order valence-corrected chi connectivity index (χ2v) is 2.00. The lowest BCUT2D eigenvalue weighted by Crippen LogP contribution is -1.94. The molecule has 0 radical (unpaired) electrons. The van der Waals surface area contributed by atoms with Crippen LogP contribution in [-0.4, -0.2) is 16.4 Å². The number of aliphatic carboxylic acids is 1. The highest BCUT2D eigenvalue weighted by molar-refractivity contribution is 7.79. The standard InChI is InChI=1S/C7H8O2S/c1-6(3-2-4-10)5-7(8)9/h2-4H,1,5H2,(H,8,9)/b3-2-. The first kappa shape index (κ1) is 9.04. The molecule has 0 saturated carbocycles. The second kappa shape index (κ2) is 4.88. The first-order chi connectivity index (χ1) is 4.66. The average molecular weight is 156 g/mol. The Hall–Kier alpha value is -0.960. The van der Waals surface area contributed by atoms with Crippen LogP contribution in [0, 0.1) is 0 Å². The van der Waals surface area contributed by atoms with Gasteiger partial charge in [0.05, 0.1) is 6.42 Å². The van der Waals surface area contributed by atoms with Gasteiger partial charge in [-0.1, -0.05) is 30.9 Å². The van der Waals surface area contributed by atoms with Gasteiger partial charge in [-0.05, 0) is 5.57 Å². The summed E-state index contributed by atoms with van der Waals surface area (Å²) in [5.41, 5.74) is 0.550. The summed E-state index contributed by atoms with van der Waals surface area (Å²) in [6.45, 7) is 3.50. The molecule has 0 spiro atoms. The lowest BCUT2D eigenvalue weighted by Gasteiger charge is -1.90. The molecule has 0 aliphatic heterocycles. The maximum atomic E-state index is 10.0. The molecule has 0 fully saturated rings. The van der Waals surface area contributed by atoms with Gasteiger partial charge in [0.2, 0.25) is 0 Å². The van der Waals surface area contributed by atoms with E-state index in [1.54, 1.807) is 12.2 Å². The molecule has 0 aromatic heterocycles. The summed E-state index contributed by atoms with van der Waals surface area (Å²) in [6.07, 6.45) is 3.14. The highest BCUT2D eigenvalue weighted by atomic mass is 32.1. The summed E-state index contributed by atoms with van der Waals surface area (Å²) in [7, 11) is 0. The zero-order valence-corrected chi connectivity index (χ0v) is 6.23. The van der Waals surface area contributed by atoms with Crippen molar-refractivity contribution in [2.24, 2.45) is 0 Å². The molecule has 0 unspecified atom stereocenters. The van der Waals surface area contributed by atoms with Crippen molar-refractivity contribution in [1.82, 2.24) is 0 Å². The van der Waals surface area contributed by atoms with Crippen molar-refractivity contribution in [2.75, 3.05) is 0 Å². The Bertz CT molecular complexity index is 182. The molecule has 2 nitrogen and oxygen atoms in total. The predicted molar refractivity (Wildman–Crippen MR) is 44.2 cm³/mol. The van der Waals surface area contributed by atoms with Crippen LogP contribution in [0.2, 0.25) is 0 Å². The van der Waals surface area contributed by atoms with Crippen molar-refractivity contribution in [2.45, 2.75) is 6.42 Å². The Balaban J connectivity index is 3.75. The van der Waals surface area contributed by atoms with Gasteiger partial charge in [-0.2, -0.15) is 0 Å². The van der Waals surface area contributed by atoms with Gasteiger partial charge in [-0.3, -0.25) is 4.79 Å². The fourth-order valence-electron chi connectivity index (χ4n) is 0.429. The maximum absolute atomic E-state index is 10.0. The van der Waals surface area contributed by atoms with Crippen molar-refractivity contribution in [3.05, 3.63) is 24.3 Å². The zero-order chi connectivity index (χ0) is 7.98. The summed E-state index contributed by atoms with van der Waals surface area (Å²) < 4.78 is 0. The van der Waals surface area contributed by atoms with Crippen molar-refractivity contribution in [3.8, 4) is 0 Å². The molecule has 54 valence electrons. The first-order valence-electron chi connectivity index (χ1n) is 2.68. The normalized spacial score (nSPS) is 9.60. The third-order valence-corrected chi connectivity index (χ3v) is 0.946. The molecule has 0 saturated heterocycles. The van der Waals surface area contributed by atoms with Gasteiger partial charge in [-0.25, -0.2) is 0 Å². The molecule has 0 aromatic rings. The van der Waals surface area contributed by atoms with E-state index in [4.69, 9.17) is 5.11 Å². The van der Waals surface area contributed by atoms with Gasteiger partial charge < -0.3 is 5.11 Å². The van der Waals surface area contributed by atoms with Crippen molar-refractivity contribution in [3.63, 3.8) is 0 Å². The van der Waals surface area contributed by atoms with Gasteiger partial charge >= 0.3 is 5.97 Å². The molecule has 3 heteroatoms. The molecule has 0 amide bonds. The van der Waals surface area contributed by atoms with Gasteiger partial charge in [-0.15, -0.1) is 0 Å². The van der Waals surface area contributed by atoms with Crippen LogP contribution in [0.3, 0.4) is 0 Å². The highest BCUT2D eigenvalue weighted by Gasteiger charge is 1.95. The number of carboxylic acid groups (broad SMARTS) is 1. The lowest BCUT2D eigenvalue weighted by molar-refractivity contribution is -0.136. The number of allylic oxidation sites excluding steroid dienone is 2. The topological polar surface area (TPSA) is 37.3 Å². The number of hydrogen-bond donors (Lipinski definition) is 1. The molecule has 0 bridgehead atoms. The summed E-state index contributed by atoms with van der Waals surface area (Å²) in [5.74, 6) is -0.876. The van der Waals surface area contributed by atoms with Crippen molar-refractivity contribution < 1.29 is 9.90 Å². The van der Waals surface area contributed by atoms with E-state index in [0.29, 0.717) is 5.57 Å². The molecular formula is C7H8O2S. The Morgan fingerprint density at radius 2 is 2.30 bits per heavy atom. The van der Waals surface area contributed by atoms with Gasteiger partial charge in [0.25, 0.3) is 0 Å². The van der Waals surface area contributed by atoms with Gasteiger partial charge in [0.1, 0.15) is 0 Å². The molecule has 0 atom stereocenters. The summed E-state index contributed by atoms with van der Waals surface area (Å²) in [6, 6.07) is 0. The van der Waals surface area contributed by atoms with Crippen molar-refractivity contribution in [1.29, 1.82) is 0 Å². The minimum atomic E-state index is -0.876. The fourth-order valence-corrected chi connectivity index (χ4v) is 0.507. The number of carbonyl (C=O) groups is 1. The van der Waals surface area contributed by atoms with Crippen LogP contribution in [0.15, 0.2) is 24.3 Å². The third-order valence-electron chi connectivity index (χ3n) is 0.789. The van der Waals surface area contributed by atoms with Gasteiger partial charge in [0, 0.05) is 5.37 Å². The lowest BCUT2D eigenvalue weighted by atomic mass is 10.2. The van der Waals surface area contributed by atoms with Crippen LogP contribution in [0.1, 0.15) is 6.42 Å². The Kier molecular flexibility index (Phi) is 4.41. The molecular weight excluding hydrogens is 148 g/mol. The Morgan fingerprint density at radius 3 is 2.70 bits per heavy atom. The van der Waals surface area contributed by atoms with E-state index in [2.05, 4.69) is 18.8 Å². The molecule has 10 heavy (non-hydrogen) atoms. The van der Waals surface area contributed by atoms with Gasteiger partial charge in [0.15, 0.2) is 0 Å². The molecule has 0 rings (SSSR count). The molecule has 0 heterocycles. The minimum absolute atomic E-state index is 0.0281. The quantitative estimate of drug-likeness (QED) is 0.381. The molecule has 0 aliphatic rings. The molecule has 0 aromatic carbocycles. The predicted octanol–water partition coefficient (Wildman–Crippen LogP) is 1.57. The van der Waals surface area contributed by atoms with Crippen LogP contribution in [0.4, 0.5) is 0 Å². The largest absolute Gasteiger partial charge is 0.481 e. The van der Waals surface area contributed by atoms with Crippen LogP contribution in [0.25, 0.3) is 0 Å². The number of rotatable bonds is 4. The summed E-state index contributed by atoms with van der Waals surface area (Å²) >= 11 is 4.48. The van der Waals surface area contributed by atoms with E-state index in [9.17, 15) is 4.79 Å². The fraction of sp³-hybridized carbons (Fsp3) is 0.143. The van der Waals surface area contributed by atoms with E-state index >= 15 is 0 Å². The summed E-state index contributed by atoms with van der Waals surface area (Å²) in [4.78, 5) is 10.0. The second-order valence-electron chi connectivity index (χ2n) is 1.72.